The lowest BCUT2D eigenvalue weighted by atomic mass is 9.85. The van der Waals surface area contributed by atoms with E-state index in [9.17, 15) is 4.79 Å². The number of nitrogens with one attached hydrogen (secondary N) is 1. The standard InChI is InChI=1S/C20H18N2OS/c23-19(14-8-4-9-14)21-17-11-5-10-16(12-17)18-13-24-20(22-18)15-6-2-1-3-7-15/h1-3,5-7,10-14H,4,8-9H2,(H,21,23). The van der Waals surface area contributed by atoms with Gasteiger partial charge >= 0.3 is 0 Å². The van der Waals surface area contributed by atoms with E-state index in [0.717, 1.165) is 40.4 Å². The van der Waals surface area contributed by atoms with E-state index < -0.39 is 0 Å². The van der Waals surface area contributed by atoms with Crippen LogP contribution in [0.4, 0.5) is 5.69 Å². The van der Waals surface area contributed by atoms with Crippen molar-refractivity contribution in [2.75, 3.05) is 5.32 Å². The van der Waals surface area contributed by atoms with Crippen molar-refractivity contribution < 1.29 is 4.79 Å². The first-order valence-corrected chi connectivity index (χ1v) is 9.10. The molecule has 120 valence electrons. The van der Waals surface area contributed by atoms with Crippen LogP contribution in [0.1, 0.15) is 19.3 Å². The molecule has 1 aromatic heterocycles. The van der Waals surface area contributed by atoms with Gasteiger partial charge in [-0.15, -0.1) is 11.3 Å². The third kappa shape index (κ3) is 3.10. The Labute approximate surface area is 145 Å². The molecule has 2 aromatic carbocycles. The summed E-state index contributed by atoms with van der Waals surface area (Å²) < 4.78 is 0. The van der Waals surface area contributed by atoms with Crippen molar-refractivity contribution in [1.82, 2.24) is 4.98 Å². The van der Waals surface area contributed by atoms with Crippen molar-refractivity contribution in [3.05, 3.63) is 60.0 Å². The lowest BCUT2D eigenvalue weighted by Crippen LogP contribution is -2.27. The molecule has 0 aliphatic heterocycles. The quantitative estimate of drug-likeness (QED) is 0.711. The van der Waals surface area contributed by atoms with Crippen LogP contribution in [-0.4, -0.2) is 10.9 Å². The molecular weight excluding hydrogens is 316 g/mol. The molecule has 1 fully saturated rings. The molecule has 0 atom stereocenters. The molecule has 0 spiro atoms. The molecule has 1 aliphatic carbocycles. The molecule has 0 radical (unpaired) electrons. The fourth-order valence-corrected chi connectivity index (χ4v) is 3.63. The van der Waals surface area contributed by atoms with Crippen LogP contribution in [0.3, 0.4) is 0 Å². The van der Waals surface area contributed by atoms with Gasteiger partial charge in [-0.1, -0.05) is 48.9 Å². The average molecular weight is 334 g/mol. The second-order valence-electron chi connectivity index (χ2n) is 6.10. The zero-order valence-corrected chi connectivity index (χ0v) is 14.1. The number of aromatic nitrogens is 1. The zero-order valence-electron chi connectivity index (χ0n) is 13.2. The number of carbonyl (C=O) groups is 1. The van der Waals surface area contributed by atoms with Crippen molar-refractivity contribution in [3.63, 3.8) is 0 Å². The summed E-state index contributed by atoms with van der Waals surface area (Å²) in [5.41, 5.74) is 3.94. The predicted octanol–water partition coefficient (Wildman–Crippen LogP) is 5.22. The van der Waals surface area contributed by atoms with Gasteiger partial charge in [0, 0.05) is 28.1 Å². The summed E-state index contributed by atoms with van der Waals surface area (Å²) in [5.74, 6) is 0.333. The number of hydrogen-bond donors (Lipinski definition) is 1. The SMILES string of the molecule is O=C(Nc1cccc(-c2csc(-c3ccccc3)n2)c1)C1CCC1. The van der Waals surface area contributed by atoms with E-state index in [4.69, 9.17) is 4.98 Å². The number of benzene rings is 2. The molecule has 0 unspecified atom stereocenters. The molecule has 1 N–H and O–H groups in total. The largest absolute Gasteiger partial charge is 0.326 e. The molecule has 1 aliphatic rings. The fourth-order valence-electron chi connectivity index (χ4n) is 2.79. The van der Waals surface area contributed by atoms with Crippen molar-refractivity contribution in [2.24, 2.45) is 5.92 Å². The van der Waals surface area contributed by atoms with Gasteiger partial charge in [0.05, 0.1) is 5.69 Å². The maximum atomic E-state index is 12.1. The first-order chi connectivity index (χ1) is 11.8. The molecule has 1 amide bonds. The summed E-state index contributed by atoms with van der Waals surface area (Å²) in [6.45, 7) is 0. The van der Waals surface area contributed by atoms with E-state index in [-0.39, 0.29) is 11.8 Å². The van der Waals surface area contributed by atoms with Gasteiger partial charge in [0.1, 0.15) is 5.01 Å². The van der Waals surface area contributed by atoms with Crippen molar-refractivity contribution in [1.29, 1.82) is 0 Å². The third-order valence-corrected chi connectivity index (χ3v) is 5.32. The van der Waals surface area contributed by atoms with Gasteiger partial charge in [0.25, 0.3) is 0 Å². The van der Waals surface area contributed by atoms with E-state index >= 15 is 0 Å². The monoisotopic (exact) mass is 334 g/mol. The Bertz CT molecular complexity index is 853. The number of rotatable bonds is 4. The molecule has 4 rings (SSSR count). The summed E-state index contributed by atoms with van der Waals surface area (Å²) in [4.78, 5) is 16.8. The summed E-state index contributed by atoms with van der Waals surface area (Å²) in [6, 6.07) is 18.1. The van der Waals surface area contributed by atoms with E-state index in [0.29, 0.717) is 0 Å². The number of thiazole rings is 1. The Morgan fingerprint density at radius 2 is 1.83 bits per heavy atom. The second kappa shape index (κ2) is 6.57. The van der Waals surface area contributed by atoms with Crippen LogP contribution < -0.4 is 5.32 Å². The van der Waals surface area contributed by atoms with E-state index in [1.165, 1.54) is 6.42 Å². The van der Waals surface area contributed by atoms with Crippen LogP contribution in [0.25, 0.3) is 21.8 Å². The average Bonchev–Trinajstić information content (AvgIpc) is 3.04. The van der Waals surface area contributed by atoms with Crippen LogP contribution in [0, 0.1) is 5.92 Å². The lowest BCUT2D eigenvalue weighted by Gasteiger charge is -2.24. The van der Waals surface area contributed by atoms with E-state index in [1.807, 2.05) is 42.5 Å². The zero-order chi connectivity index (χ0) is 16.4. The van der Waals surface area contributed by atoms with Crippen LogP contribution in [-0.2, 0) is 4.79 Å². The Balaban J connectivity index is 1.55. The normalized spacial score (nSPS) is 14.2. The molecular formula is C20H18N2OS. The maximum Gasteiger partial charge on any atom is 0.227 e. The van der Waals surface area contributed by atoms with Gasteiger partial charge in [-0.05, 0) is 25.0 Å². The summed E-state index contributed by atoms with van der Waals surface area (Å²) in [7, 11) is 0. The van der Waals surface area contributed by atoms with Gasteiger partial charge < -0.3 is 5.32 Å². The maximum absolute atomic E-state index is 12.1. The Hall–Kier alpha value is -2.46. The molecule has 0 saturated heterocycles. The molecule has 24 heavy (non-hydrogen) atoms. The van der Waals surface area contributed by atoms with Gasteiger partial charge in [-0.3, -0.25) is 4.79 Å². The van der Waals surface area contributed by atoms with Crippen molar-refractivity contribution >= 4 is 22.9 Å². The fraction of sp³-hybridized carbons (Fsp3) is 0.200. The Morgan fingerprint density at radius 1 is 1.04 bits per heavy atom. The highest BCUT2D eigenvalue weighted by molar-refractivity contribution is 7.13. The van der Waals surface area contributed by atoms with E-state index in [2.05, 4.69) is 22.8 Å². The van der Waals surface area contributed by atoms with E-state index in [1.54, 1.807) is 11.3 Å². The number of anilines is 1. The first kappa shape index (κ1) is 15.1. The molecule has 1 saturated carbocycles. The molecule has 3 aromatic rings. The smallest absolute Gasteiger partial charge is 0.227 e. The summed E-state index contributed by atoms with van der Waals surface area (Å²) >= 11 is 1.64. The number of amides is 1. The number of carbonyl (C=O) groups excluding carboxylic acids is 1. The Morgan fingerprint density at radius 3 is 2.58 bits per heavy atom. The van der Waals surface area contributed by atoms with Crippen LogP contribution in [0.15, 0.2) is 60.0 Å². The minimum absolute atomic E-state index is 0.140. The van der Waals surface area contributed by atoms with Crippen LogP contribution in [0.5, 0.6) is 0 Å². The highest BCUT2D eigenvalue weighted by Crippen LogP contribution is 2.31. The van der Waals surface area contributed by atoms with Gasteiger partial charge in [0.15, 0.2) is 0 Å². The highest BCUT2D eigenvalue weighted by atomic mass is 32.1. The molecule has 0 bridgehead atoms. The molecule has 3 nitrogen and oxygen atoms in total. The summed E-state index contributed by atoms with van der Waals surface area (Å²) in [6.07, 6.45) is 3.19. The highest BCUT2D eigenvalue weighted by Gasteiger charge is 2.25. The van der Waals surface area contributed by atoms with Crippen molar-refractivity contribution in [3.8, 4) is 21.8 Å². The van der Waals surface area contributed by atoms with Gasteiger partial charge in [-0.2, -0.15) is 0 Å². The third-order valence-electron chi connectivity index (χ3n) is 4.43. The van der Waals surface area contributed by atoms with Crippen LogP contribution in [0.2, 0.25) is 0 Å². The minimum atomic E-state index is 0.140. The van der Waals surface area contributed by atoms with Crippen molar-refractivity contribution in [2.45, 2.75) is 19.3 Å². The second-order valence-corrected chi connectivity index (χ2v) is 6.96. The number of hydrogen-bond acceptors (Lipinski definition) is 3. The first-order valence-electron chi connectivity index (χ1n) is 8.22. The molecule has 4 heteroatoms. The summed E-state index contributed by atoms with van der Waals surface area (Å²) in [5, 5.41) is 6.10. The van der Waals surface area contributed by atoms with Gasteiger partial charge in [0.2, 0.25) is 5.91 Å². The molecule has 1 heterocycles. The predicted molar refractivity (Wildman–Crippen MR) is 99.0 cm³/mol. The topological polar surface area (TPSA) is 42.0 Å². The lowest BCUT2D eigenvalue weighted by molar-refractivity contribution is -0.122. The van der Waals surface area contributed by atoms with Gasteiger partial charge in [-0.25, -0.2) is 4.98 Å². The number of nitrogens with zero attached hydrogens (tertiary/aromatic N) is 1. The van der Waals surface area contributed by atoms with Crippen LogP contribution >= 0.6 is 11.3 Å². The Kier molecular flexibility index (Phi) is 4.13. The minimum Gasteiger partial charge on any atom is -0.326 e.